The number of ether oxygens (including phenoxy) is 1. The molecule has 0 spiro atoms. The minimum absolute atomic E-state index is 0.609. The van der Waals surface area contributed by atoms with E-state index in [0.29, 0.717) is 5.76 Å². The van der Waals surface area contributed by atoms with Gasteiger partial charge in [0.05, 0.1) is 7.11 Å². The molecule has 0 aliphatic heterocycles. The molecule has 44 valence electrons. The molecule has 1 aliphatic carbocycles. The molecule has 0 radical (unpaired) electrons. The normalized spacial score (nSPS) is 25.8. The van der Waals surface area contributed by atoms with Crippen molar-refractivity contribution in [3.05, 3.63) is 24.0 Å². The van der Waals surface area contributed by atoms with Gasteiger partial charge in [0.2, 0.25) is 0 Å². The van der Waals surface area contributed by atoms with Crippen molar-refractivity contribution >= 4 is 0 Å². The van der Waals surface area contributed by atoms with Crippen molar-refractivity contribution in [3.63, 3.8) is 0 Å². The van der Waals surface area contributed by atoms with Crippen LogP contribution in [0.3, 0.4) is 0 Å². The summed E-state index contributed by atoms with van der Waals surface area (Å²) in [4.78, 5) is 0. The van der Waals surface area contributed by atoms with Crippen LogP contribution in [0.4, 0.5) is 4.39 Å². The van der Waals surface area contributed by atoms with Gasteiger partial charge in [0.1, 0.15) is 11.9 Å². The number of methoxy groups -OCH3 is 1. The van der Waals surface area contributed by atoms with Crippen molar-refractivity contribution in [2.45, 2.75) is 6.17 Å². The summed E-state index contributed by atoms with van der Waals surface area (Å²) in [5, 5.41) is 0. The molecule has 0 saturated heterocycles. The van der Waals surface area contributed by atoms with Crippen molar-refractivity contribution in [3.8, 4) is 0 Å². The Labute approximate surface area is 47.5 Å². The van der Waals surface area contributed by atoms with Gasteiger partial charge < -0.3 is 4.74 Å². The molecule has 0 N–H and O–H groups in total. The maximum Gasteiger partial charge on any atom is 0.141 e. The maximum absolute atomic E-state index is 12.1. The summed E-state index contributed by atoms with van der Waals surface area (Å²) in [6, 6.07) is 0. The summed E-state index contributed by atoms with van der Waals surface area (Å²) in [6.07, 6.45) is 3.54. The van der Waals surface area contributed by atoms with Crippen LogP contribution in [0.25, 0.3) is 0 Å². The number of rotatable bonds is 1. The number of hydrogen-bond acceptors (Lipinski definition) is 1. The van der Waals surface area contributed by atoms with Crippen molar-refractivity contribution in [1.29, 1.82) is 0 Å². The van der Waals surface area contributed by atoms with Gasteiger partial charge in [0.25, 0.3) is 0 Å². The molecule has 0 amide bonds. The van der Waals surface area contributed by atoms with Crippen LogP contribution in [0.1, 0.15) is 0 Å². The van der Waals surface area contributed by atoms with Gasteiger partial charge in [-0.2, -0.15) is 0 Å². The summed E-state index contributed by atoms with van der Waals surface area (Å²) in [5.41, 5.74) is 0. The van der Waals surface area contributed by atoms with Crippen LogP contribution in [-0.2, 0) is 4.74 Å². The maximum atomic E-state index is 12.1. The van der Waals surface area contributed by atoms with Gasteiger partial charge in [-0.15, -0.1) is 0 Å². The molecular weight excluding hydrogens is 107 g/mol. The van der Waals surface area contributed by atoms with E-state index in [1.54, 1.807) is 6.08 Å². The number of alkyl halides is 1. The van der Waals surface area contributed by atoms with E-state index < -0.39 is 6.17 Å². The Morgan fingerprint density at radius 3 is 2.75 bits per heavy atom. The highest BCUT2D eigenvalue weighted by Crippen LogP contribution is 2.11. The molecule has 0 heterocycles. The predicted octanol–water partition coefficient (Wildman–Crippen LogP) is 1.42. The van der Waals surface area contributed by atoms with Gasteiger partial charge in [-0.05, 0) is 18.2 Å². The van der Waals surface area contributed by atoms with E-state index in [2.05, 4.69) is 0 Å². The summed E-state index contributed by atoms with van der Waals surface area (Å²) in [6.45, 7) is 0. The SMILES string of the molecule is COC1=CC(F)C=C1. The summed E-state index contributed by atoms with van der Waals surface area (Å²) in [7, 11) is 1.52. The third-order valence-electron chi connectivity index (χ3n) is 1.00. The minimum atomic E-state index is -0.940. The third kappa shape index (κ3) is 0.886. The highest BCUT2D eigenvalue weighted by molar-refractivity contribution is 5.25. The zero-order valence-corrected chi connectivity index (χ0v) is 4.60. The van der Waals surface area contributed by atoms with Crippen LogP contribution in [0.5, 0.6) is 0 Å². The highest BCUT2D eigenvalue weighted by atomic mass is 19.1. The highest BCUT2D eigenvalue weighted by Gasteiger charge is 2.05. The average molecular weight is 114 g/mol. The second kappa shape index (κ2) is 1.99. The molecule has 1 atom stereocenters. The van der Waals surface area contributed by atoms with Gasteiger partial charge in [-0.25, -0.2) is 4.39 Å². The Hall–Kier alpha value is -0.790. The molecular formula is C6H7FO. The Bertz CT molecular complexity index is 137. The monoisotopic (exact) mass is 114 g/mol. The van der Waals surface area contributed by atoms with Crippen LogP contribution in [0.2, 0.25) is 0 Å². The van der Waals surface area contributed by atoms with E-state index in [-0.39, 0.29) is 0 Å². The van der Waals surface area contributed by atoms with Gasteiger partial charge in [-0.3, -0.25) is 0 Å². The number of allylic oxidation sites excluding steroid dienone is 3. The van der Waals surface area contributed by atoms with Gasteiger partial charge in [0.15, 0.2) is 0 Å². The molecule has 2 heteroatoms. The van der Waals surface area contributed by atoms with Crippen LogP contribution < -0.4 is 0 Å². The zero-order valence-electron chi connectivity index (χ0n) is 4.60. The van der Waals surface area contributed by atoms with Crippen LogP contribution in [0.15, 0.2) is 24.0 Å². The van der Waals surface area contributed by atoms with Crippen molar-refractivity contribution in [2.75, 3.05) is 7.11 Å². The average Bonchev–Trinajstić information content (AvgIpc) is 2.14. The molecule has 1 nitrogen and oxygen atoms in total. The Morgan fingerprint density at radius 2 is 2.50 bits per heavy atom. The lowest BCUT2D eigenvalue weighted by atomic mass is 10.4. The molecule has 0 fully saturated rings. The first-order chi connectivity index (χ1) is 3.83. The van der Waals surface area contributed by atoms with Gasteiger partial charge >= 0.3 is 0 Å². The van der Waals surface area contributed by atoms with E-state index in [4.69, 9.17) is 4.74 Å². The van der Waals surface area contributed by atoms with E-state index in [1.807, 2.05) is 0 Å². The second-order valence-electron chi connectivity index (χ2n) is 1.58. The fourth-order valence-electron chi connectivity index (χ4n) is 0.591. The zero-order chi connectivity index (χ0) is 5.98. The van der Waals surface area contributed by atoms with Crippen molar-refractivity contribution < 1.29 is 9.13 Å². The molecule has 0 aromatic rings. The van der Waals surface area contributed by atoms with E-state index in [1.165, 1.54) is 19.3 Å². The Balaban J connectivity index is 2.58. The number of hydrogen-bond donors (Lipinski definition) is 0. The molecule has 0 bridgehead atoms. The molecule has 0 aromatic carbocycles. The van der Waals surface area contributed by atoms with Crippen LogP contribution >= 0.6 is 0 Å². The lowest BCUT2D eigenvalue weighted by Crippen LogP contribution is -1.82. The smallest absolute Gasteiger partial charge is 0.141 e. The van der Waals surface area contributed by atoms with Crippen molar-refractivity contribution in [2.24, 2.45) is 0 Å². The van der Waals surface area contributed by atoms with Gasteiger partial charge in [-0.1, -0.05) is 0 Å². The molecule has 1 unspecified atom stereocenters. The Kier molecular flexibility index (Phi) is 1.33. The Morgan fingerprint density at radius 1 is 1.75 bits per heavy atom. The summed E-state index contributed by atoms with van der Waals surface area (Å²) in [5.74, 6) is 0.609. The lowest BCUT2D eigenvalue weighted by Gasteiger charge is -1.91. The predicted molar refractivity (Wildman–Crippen MR) is 29.1 cm³/mol. The fraction of sp³-hybridized carbons (Fsp3) is 0.333. The molecule has 0 aromatic heterocycles. The standard InChI is InChI=1S/C6H7FO/c1-8-6-3-2-5(7)4-6/h2-5H,1H3. The van der Waals surface area contributed by atoms with E-state index >= 15 is 0 Å². The largest absolute Gasteiger partial charge is 0.497 e. The first-order valence-corrected chi connectivity index (χ1v) is 2.41. The first-order valence-electron chi connectivity index (χ1n) is 2.41. The van der Waals surface area contributed by atoms with E-state index in [9.17, 15) is 4.39 Å². The summed E-state index contributed by atoms with van der Waals surface area (Å²) >= 11 is 0. The van der Waals surface area contributed by atoms with Gasteiger partial charge in [0, 0.05) is 0 Å². The third-order valence-corrected chi connectivity index (χ3v) is 1.00. The topological polar surface area (TPSA) is 9.23 Å². The first kappa shape index (κ1) is 5.35. The quantitative estimate of drug-likeness (QED) is 0.501. The molecule has 1 rings (SSSR count). The van der Waals surface area contributed by atoms with Crippen LogP contribution in [-0.4, -0.2) is 13.3 Å². The molecule has 1 aliphatic rings. The fourth-order valence-corrected chi connectivity index (χ4v) is 0.591. The minimum Gasteiger partial charge on any atom is -0.497 e. The second-order valence-corrected chi connectivity index (χ2v) is 1.58. The molecule has 0 saturated carbocycles. The van der Waals surface area contributed by atoms with Crippen molar-refractivity contribution in [1.82, 2.24) is 0 Å². The lowest BCUT2D eigenvalue weighted by molar-refractivity contribution is 0.305. The van der Waals surface area contributed by atoms with Crippen LogP contribution in [0, 0.1) is 0 Å². The van der Waals surface area contributed by atoms with E-state index in [0.717, 1.165) is 0 Å². The summed E-state index contributed by atoms with van der Waals surface area (Å²) < 4.78 is 16.8. The molecule has 8 heavy (non-hydrogen) atoms. The number of halogens is 1.